The minimum Gasteiger partial charge on any atom is -0.347 e. The summed E-state index contributed by atoms with van der Waals surface area (Å²) in [6.45, 7) is 2.28. The summed E-state index contributed by atoms with van der Waals surface area (Å²) < 4.78 is 52.2. The lowest BCUT2D eigenvalue weighted by atomic mass is 10.0. The Bertz CT molecular complexity index is 932. The first-order valence-electron chi connectivity index (χ1n) is 8.26. The predicted octanol–water partition coefficient (Wildman–Crippen LogP) is 3.15. The molecule has 0 aliphatic carbocycles. The van der Waals surface area contributed by atoms with E-state index in [2.05, 4.69) is 0 Å². The maximum atomic E-state index is 13.3. The first-order chi connectivity index (χ1) is 12.9. The number of carbonyl (C=O) groups is 3. The number of aromatic nitrogens is 1. The number of hydrogen-bond acceptors (Lipinski definition) is 3. The Morgan fingerprint density at radius 1 is 1.18 bits per heavy atom. The van der Waals surface area contributed by atoms with Crippen molar-refractivity contribution in [3.63, 3.8) is 0 Å². The molecule has 0 aliphatic heterocycles. The molecule has 1 heterocycles. The van der Waals surface area contributed by atoms with Crippen molar-refractivity contribution in [2.24, 2.45) is 7.05 Å². The normalized spacial score (nSPS) is 12.5. The number of halogens is 4. The highest BCUT2D eigenvalue weighted by Gasteiger charge is 2.38. The van der Waals surface area contributed by atoms with Gasteiger partial charge in [-0.2, -0.15) is 13.2 Å². The summed E-state index contributed by atoms with van der Waals surface area (Å²) in [6.07, 6.45) is -3.55. The summed E-state index contributed by atoms with van der Waals surface area (Å²) >= 11 is 0. The van der Waals surface area contributed by atoms with Crippen LogP contribution in [0.2, 0.25) is 0 Å². The highest BCUT2D eigenvalue weighted by molar-refractivity contribution is 6.43. The van der Waals surface area contributed by atoms with Crippen molar-refractivity contribution in [1.29, 1.82) is 0 Å². The van der Waals surface area contributed by atoms with Crippen LogP contribution in [-0.2, 0) is 18.3 Å². The number of nitrogens with one attached hydrogen (secondary N) is 1. The number of aryl methyl sites for hydroxylation is 2. The minimum absolute atomic E-state index is 0.0656. The van der Waals surface area contributed by atoms with Gasteiger partial charge in [-0.15, -0.1) is 0 Å². The molecule has 9 heteroatoms. The number of ketones is 2. The fourth-order valence-corrected chi connectivity index (χ4v) is 2.53. The predicted molar refractivity (Wildman–Crippen MR) is 92.6 cm³/mol. The monoisotopic (exact) mass is 398 g/mol. The molecule has 1 amide bonds. The number of hydrogen-bond donors (Lipinski definition) is 1. The second-order valence-corrected chi connectivity index (χ2v) is 6.47. The van der Waals surface area contributed by atoms with Gasteiger partial charge >= 0.3 is 6.18 Å². The Balaban J connectivity index is 2.15. The molecule has 1 N–H and O–H groups in total. The van der Waals surface area contributed by atoms with E-state index in [9.17, 15) is 31.9 Å². The molecule has 0 saturated heterocycles. The zero-order valence-electron chi connectivity index (χ0n) is 15.4. The van der Waals surface area contributed by atoms with Crippen LogP contribution >= 0.6 is 0 Å². The molecule has 0 unspecified atom stereocenters. The van der Waals surface area contributed by atoms with Crippen molar-refractivity contribution >= 4 is 17.5 Å². The van der Waals surface area contributed by atoms with Gasteiger partial charge in [-0.3, -0.25) is 14.4 Å². The Hall–Kier alpha value is -2.97. The van der Waals surface area contributed by atoms with Crippen molar-refractivity contribution in [1.82, 2.24) is 9.88 Å². The zero-order chi connectivity index (χ0) is 21.2. The van der Waals surface area contributed by atoms with E-state index in [1.54, 1.807) is 12.2 Å². The van der Waals surface area contributed by atoms with E-state index in [1.165, 1.54) is 36.0 Å². The van der Waals surface area contributed by atoms with Gasteiger partial charge in [0.25, 0.3) is 11.7 Å². The average molecular weight is 398 g/mol. The second kappa shape index (κ2) is 7.95. The van der Waals surface area contributed by atoms with E-state index < -0.39 is 35.5 Å². The molecule has 1 aromatic carbocycles. The molecule has 0 aliphatic rings. The van der Waals surface area contributed by atoms with E-state index in [0.29, 0.717) is 11.1 Å². The van der Waals surface area contributed by atoms with E-state index in [-0.39, 0.29) is 17.7 Å². The van der Waals surface area contributed by atoms with Crippen LogP contribution in [0.5, 0.6) is 0 Å². The van der Waals surface area contributed by atoms with Crippen LogP contribution in [0.15, 0.2) is 30.5 Å². The van der Waals surface area contributed by atoms with Gasteiger partial charge in [0.2, 0.25) is 0 Å². The number of rotatable bonds is 6. The molecular formula is C19H18F4N2O3. The lowest BCUT2D eigenvalue weighted by Gasteiger charge is -2.16. The van der Waals surface area contributed by atoms with Gasteiger partial charge in [0.05, 0.1) is 5.69 Å². The SMILES string of the molecule is Cc1cc(CC(=O)c2cc(C(=O)C(=O)N[C@H](C)C(F)(F)F)cn2C)ccc1F. The van der Waals surface area contributed by atoms with Crippen molar-refractivity contribution in [3.05, 3.63) is 58.7 Å². The average Bonchev–Trinajstić information content (AvgIpc) is 2.98. The standard InChI is InChI=1S/C19H18F4N2O3/c1-10-6-12(4-5-14(10)20)7-16(26)15-8-13(9-25(15)3)17(27)18(28)24-11(2)19(21,22)23/h4-6,8-9,11H,7H2,1-3H3,(H,24,28)/t11-/m1/s1. The molecule has 5 nitrogen and oxygen atoms in total. The lowest BCUT2D eigenvalue weighted by Crippen LogP contribution is -2.45. The minimum atomic E-state index is -4.68. The number of alkyl halides is 3. The molecule has 1 atom stereocenters. The fraction of sp³-hybridized carbons (Fsp3) is 0.316. The molecule has 0 fully saturated rings. The van der Waals surface area contributed by atoms with Crippen LogP contribution < -0.4 is 5.32 Å². The van der Waals surface area contributed by atoms with Gasteiger partial charge in [0.15, 0.2) is 5.78 Å². The van der Waals surface area contributed by atoms with Gasteiger partial charge in [-0.1, -0.05) is 12.1 Å². The highest BCUT2D eigenvalue weighted by atomic mass is 19.4. The Morgan fingerprint density at radius 3 is 2.39 bits per heavy atom. The van der Waals surface area contributed by atoms with Crippen LogP contribution in [0, 0.1) is 12.7 Å². The summed E-state index contributed by atoms with van der Waals surface area (Å²) in [5.41, 5.74) is 0.841. The number of amides is 1. The largest absolute Gasteiger partial charge is 0.408 e. The van der Waals surface area contributed by atoms with Gasteiger partial charge in [0, 0.05) is 25.2 Å². The number of Topliss-reactive ketones (excluding diaryl/α,β-unsaturated/α-hetero) is 2. The second-order valence-electron chi connectivity index (χ2n) is 6.47. The van der Waals surface area contributed by atoms with E-state index in [1.807, 2.05) is 0 Å². The molecular weight excluding hydrogens is 380 g/mol. The molecule has 1 aromatic heterocycles. The zero-order valence-corrected chi connectivity index (χ0v) is 15.4. The number of carbonyl (C=O) groups excluding carboxylic acids is 3. The molecule has 0 spiro atoms. The lowest BCUT2D eigenvalue weighted by molar-refractivity contribution is -0.156. The summed E-state index contributed by atoms with van der Waals surface area (Å²) in [7, 11) is 1.47. The molecule has 0 bridgehead atoms. The molecule has 2 aromatic rings. The number of nitrogens with zero attached hydrogens (tertiary/aromatic N) is 1. The maximum absolute atomic E-state index is 13.3. The molecule has 2 rings (SSSR count). The first-order valence-corrected chi connectivity index (χ1v) is 8.26. The van der Waals surface area contributed by atoms with Gasteiger partial charge in [-0.25, -0.2) is 4.39 Å². The number of benzene rings is 1. The Morgan fingerprint density at radius 2 is 1.82 bits per heavy atom. The van der Waals surface area contributed by atoms with Crippen LogP contribution in [0.1, 0.15) is 38.9 Å². The molecule has 150 valence electrons. The molecule has 0 radical (unpaired) electrons. The third-order valence-electron chi connectivity index (χ3n) is 4.18. The topological polar surface area (TPSA) is 68.2 Å². The summed E-state index contributed by atoms with van der Waals surface area (Å²) in [5.74, 6) is -3.38. The van der Waals surface area contributed by atoms with Gasteiger partial charge in [0.1, 0.15) is 11.9 Å². The van der Waals surface area contributed by atoms with Crippen LogP contribution in [0.3, 0.4) is 0 Å². The van der Waals surface area contributed by atoms with E-state index in [0.717, 1.165) is 13.0 Å². The van der Waals surface area contributed by atoms with Crippen molar-refractivity contribution < 1.29 is 31.9 Å². The highest BCUT2D eigenvalue weighted by Crippen LogP contribution is 2.20. The fourth-order valence-electron chi connectivity index (χ4n) is 2.53. The van der Waals surface area contributed by atoms with Crippen molar-refractivity contribution in [3.8, 4) is 0 Å². The summed E-state index contributed by atoms with van der Waals surface area (Å²) in [5, 5.41) is 1.58. The Labute approximate surface area is 158 Å². The summed E-state index contributed by atoms with van der Waals surface area (Å²) in [6, 6.07) is 3.19. The first kappa shape index (κ1) is 21.3. The molecule has 28 heavy (non-hydrogen) atoms. The quantitative estimate of drug-likeness (QED) is 0.462. The summed E-state index contributed by atoms with van der Waals surface area (Å²) in [4.78, 5) is 36.3. The van der Waals surface area contributed by atoms with Crippen LogP contribution in [0.25, 0.3) is 0 Å². The van der Waals surface area contributed by atoms with Crippen molar-refractivity contribution in [2.45, 2.75) is 32.5 Å². The third kappa shape index (κ3) is 4.85. The molecule has 0 saturated carbocycles. The smallest absolute Gasteiger partial charge is 0.347 e. The van der Waals surface area contributed by atoms with E-state index in [4.69, 9.17) is 0 Å². The maximum Gasteiger partial charge on any atom is 0.408 e. The van der Waals surface area contributed by atoms with Gasteiger partial charge < -0.3 is 9.88 Å². The van der Waals surface area contributed by atoms with Crippen LogP contribution in [0.4, 0.5) is 17.6 Å². The third-order valence-corrected chi connectivity index (χ3v) is 4.18. The van der Waals surface area contributed by atoms with Crippen LogP contribution in [-0.4, -0.2) is 34.3 Å². The van der Waals surface area contributed by atoms with Crippen molar-refractivity contribution in [2.75, 3.05) is 0 Å². The Kier molecular flexibility index (Phi) is 6.06. The van der Waals surface area contributed by atoms with Gasteiger partial charge in [-0.05, 0) is 37.1 Å². The van der Waals surface area contributed by atoms with E-state index >= 15 is 0 Å².